The highest BCUT2D eigenvalue weighted by Crippen LogP contribution is 2.30. The predicted molar refractivity (Wildman–Crippen MR) is 80.1 cm³/mol. The molecule has 2 aromatic rings. The Morgan fingerprint density at radius 1 is 1.00 bits per heavy atom. The predicted octanol–water partition coefficient (Wildman–Crippen LogP) is 4.71. The highest BCUT2D eigenvalue weighted by Gasteiger charge is 2.06. The maximum atomic E-state index is 6.11. The van der Waals surface area contributed by atoms with Gasteiger partial charge >= 0.3 is 0 Å². The average molecular weight is 260 g/mol. The molecule has 0 spiro atoms. The van der Waals surface area contributed by atoms with Crippen LogP contribution < -0.4 is 5.73 Å². The smallest absolute Gasteiger partial charge is 0.0641 e. The van der Waals surface area contributed by atoms with Crippen LogP contribution in [0.3, 0.4) is 0 Å². The summed E-state index contributed by atoms with van der Waals surface area (Å²) in [5, 5.41) is 0.622. The van der Waals surface area contributed by atoms with Gasteiger partial charge in [-0.25, -0.2) is 0 Å². The molecule has 2 rings (SSSR count). The Balaban J connectivity index is 2.57. The highest BCUT2D eigenvalue weighted by molar-refractivity contribution is 6.33. The third kappa shape index (κ3) is 2.51. The lowest BCUT2D eigenvalue weighted by atomic mass is 9.95. The van der Waals surface area contributed by atoms with E-state index in [2.05, 4.69) is 32.0 Å². The summed E-state index contributed by atoms with van der Waals surface area (Å²) < 4.78 is 0. The van der Waals surface area contributed by atoms with E-state index in [0.29, 0.717) is 10.7 Å². The van der Waals surface area contributed by atoms with Crippen molar-refractivity contribution in [3.63, 3.8) is 0 Å². The summed E-state index contributed by atoms with van der Waals surface area (Å²) in [5.41, 5.74) is 11.5. The van der Waals surface area contributed by atoms with Gasteiger partial charge < -0.3 is 5.73 Å². The zero-order valence-corrected chi connectivity index (χ0v) is 11.6. The topological polar surface area (TPSA) is 26.0 Å². The van der Waals surface area contributed by atoms with Crippen LogP contribution in [0, 0.1) is 0 Å². The second kappa shape index (κ2) is 5.45. The van der Waals surface area contributed by atoms with E-state index in [-0.39, 0.29) is 0 Å². The first kappa shape index (κ1) is 13.0. The van der Waals surface area contributed by atoms with Crippen LogP contribution in [0.25, 0.3) is 11.1 Å². The van der Waals surface area contributed by atoms with E-state index in [0.717, 1.165) is 18.4 Å². The highest BCUT2D eigenvalue weighted by atomic mass is 35.5. The molecular weight excluding hydrogens is 242 g/mol. The van der Waals surface area contributed by atoms with E-state index < -0.39 is 0 Å². The average Bonchev–Trinajstić information content (AvgIpc) is 2.41. The SMILES string of the molecule is CCc1ccc(CC)c(-c2ccc(N)c(Cl)c2)c1. The lowest BCUT2D eigenvalue weighted by Crippen LogP contribution is -1.92. The number of hydrogen-bond acceptors (Lipinski definition) is 1. The first-order valence-corrected chi connectivity index (χ1v) is 6.70. The van der Waals surface area contributed by atoms with E-state index in [9.17, 15) is 0 Å². The van der Waals surface area contributed by atoms with Gasteiger partial charge in [0.25, 0.3) is 0 Å². The Kier molecular flexibility index (Phi) is 3.93. The van der Waals surface area contributed by atoms with Crippen molar-refractivity contribution < 1.29 is 0 Å². The molecule has 2 heteroatoms. The molecule has 0 aliphatic carbocycles. The van der Waals surface area contributed by atoms with Gasteiger partial charge in [-0.15, -0.1) is 0 Å². The lowest BCUT2D eigenvalue weighted by molar-refractivity contribution is 1.10. The van der Waals surface area contributed by atoms with Gasteiger partial charge in [0.2, 0.25) is 0 Å². The first-order valence-electron chi connectivity index (χ1n) is 6.33. The monoisotopic (exact) mass is 259 g/mol. The van der Waals surface area contributed by atoms with E-state index in [1.54, 1.807) is 0 Å². The second-order valence-electron chi connectivity index (χ2n) is 4.43. The largest absolute Gasteiger partial charge is 0.398 e. The summed E-state index contributed by atoms with van der Waals surface area (Å²) in [6, 6.07) is 12.5. The van der Waals surface area contributed by atoms with Crippen molar-refractivity contribution in [2.45, 2.75) is 26.7 Å². The molecule has 2 aromatic carbocycles. The summed E-state index contributed by atoms with van der Waals surface area (Å²) in [7, 11) is 0. The second-order valence-corrected chi connectivity index (χ2v) is 4.84. The van der Waals surface area contributed by atoms with Crippen molar-refractivity contribution >= 4 is 17.3 Å². The Morgan fingerprint density at radius 2 is 1.78 bits per heavy atom. The number of nitrogen functional groups attached to an aromatic ring is 1. The Hall–Kier alpha value is -1.47. The fourth-order valence-electron chi connectivity index (χ4n) is 2.12. The van der Waals surface area contributed by atoms with Crippen LogP contribution in [0.1, 0.15) is 25.0 Å². The summed E-state index contributed by atoms with van der Waals surface area (Å²) in [4.78, 5) is 0. The molecule has 94 valence electrons. The summed E-state index contributed by atoms with van der Waals surface area (Å²) in [6.45, 7) is 4.34. The van der Waals surface area contributed by atoms with Crippen molar-refractivity contribution in [2.75, 3.05) is 5.73 Å². The fraction of sp³-hybridized carbons (Fsp3) is 0.250. The molecule has 0 bridgehead atoms. The molecule has 0 fully saturated rings. The van der Waals surface area contributed by atoms with Crippen molar-refractivity contribution in [2.24, 2.45) is 0 Å². The number of nitrogens with two attached hydrogens (primary N) is 1. The molecule has 0 saturated carbocycles. The summed E-state index contributed by atoms with van der Waals surface area (Å²) in [6.07, 6.45) is 2.06. The number of anilines is 1. The van der Waals surface area contributed by atoms with Crippen molar-refractivity contribution in [1.29, 1.82) is 0 Å². The van der Waals surface area contributed by atoms with Gasteiger partial charge in [-0.3, -0.25) is 0 Å². The van der Waals surface area contributed by atoms with E-state index in [1.165, 1.54) is 16.7 Å². The van der Waals surface area contributed by atoms with Gasteiger partial charge in [0, 0.05) is 0 Å². The van der Waals surface area contributed by atoms with E-state index in [1.807, 2.05) is 18.2 Å². The van der Waals surface area contributed by atoms with Crippen LogP contribution in [-0.4, -0.2) is 0 Å². The zero-order valence-electron chi connectivity index (χ0n) is 10.8. The van der Waals surface area contributed by atoms with Gasteiger partial charge in [-0.2, -0.15) is 0 Å². The molecule has 1 nitrogen and oxygen atoms in total. The maximum absolute atomic E-state index is 6.11. The third-order valence-corrected chi connectivity index (χ3v) is 3.60. The molecular formula is C16H18ClN. The minimum absolute atomic E-state index is 0.622. The Labute approximate surface area is 114 Å². The molecule has 0 atom stereocenters. The number of benzene rings is 2. The molecule has 0 aliphatic rings. The minimum Gasteiger partial charge on any atom is -0.398 e. The molecule has 0 aliphatic heterocycles. The van der Waals surface area contributed by atoms with Gasteiger partial charge in [0.05, 0.1) is 10.7 Å². The van der Waals surface area contributed by atoms with Gasteiger partial charge in [-0.1, -0.05) is 49.7 Å². The molecule has 0 heterocycles. The van der Waals surface area contributed by atoms with Crippen molar-refractivity contribution in [3.8, 4) is 11.1 Å². The molecule has 0 saturated heterocycles. The van der Waals surface area contributed by atoms with Crippen LogP contribution in [0.4, 0.5) is 5.69 Å². The van der Waals surface area contributed by atoms with Gasteiger partial charge in [-0.05, 0) is 47.2 Å². The van der Waals surface area contributed by atoms with E-state index >= 15 is 0 Å². The third-order valence-electron chi connectivity index (χ3n) is 3.27. The first-order chi connectivity index (χ1) is 8.65. The van der Waals surface area contributed by atoms with Crippen molar-refractivity contribution in [3.05, 3.63) is 52.5 Å². The minimum atomic E-state index is 0.622. The van der Waals surface area contributed by atoms with Crippen molar-refractivity contribution in [1.82, 2.24) is 0 Å². The Morgan fingerprint density at radius 3 is 2.39 bits per heavy atom. The van der Waals surface area contributed by atoms with Crippen LogP contribution in [-0.2, 0) is 12.8 Å². The quantitative estimate of drug-likeness (QED) is 0.794. The molecule has 18 heavy (non-hydrogen) atoms. The van der Waals surface area contributed by atoms with Crippen LogP contribution in [0.15, 0.2) is 36.4 Å². The number of rotatable bonds is 3. The molecule has 0 radical (unpaired) electrons. The van der Waals surface area contributed by atoms with Gasteiger partial charge in [0.15, 0.2) is 0 Å². The molecule has 0 amide bonds. The summed E-state index contributed by atoms with van der Waals surface area (Å²) >= 11 is 6.11. The number of hydrogen-bond donors (Lipinski definition) is 1. The lowest BCUT2D eigenvalue weighted by Gasteiger charge is -2.11. The fourth-order valence-corrected chi connectivity index (χ4v) is 2.30. The molecule has 2 N–H and O–H groups in total. The number of aryl methyl sites for hydroxylation is 2. The van der Waals surface area contributed by atoms with Crippen LogP contribution in [0.5, 0.6) is 0 Å². The van der Waals surface area contributed by atoms with Gasteiger partial charge in [0.1, 0.15) is 0 Å². The maximum Gasteiger partial charge on any atom is 0.0641 e. The molecule has 0 aromatic heterocycles. The Bertz CT molecular complexity index is 561. The normalized spacial score (nSPS) is 10.6. The molecule has 0 unspecified atom stereocenters. The summed E-state index contributed by atoms with van der Waals surface area (Å²) in [5.74, 6) is 0. The standard InChI is InChI=1S/C16H18ClN/c1-3-11-5-6-12(4-2)14(9-11)13-7-8-16(18)15(17)10-13/h5-10H,3-4,18H2,1-2H3. The van der Waals surface area contributed by atoms with E-state index in [4.69, 9.17) is 17.3 Å². The number of halogens is 1. The zero-order chi connectivity index (χ0) is 13.1. The van der Waals surface area contributed by atoms with Crippen LogP contribution >= 0.6 is 11.6 Å². The van der Waals surface area contributed by atoms with Crippen LogP contribution in [0.2, 0.25) is 5.02 Å².